The van der Waals surface area contributed by atoms with E-state index in [0.717, 1.165) is 30.0 Å². The summed E-state index contributed by atoms with van der Waals surface area (Å²) in [4.78, 5) is 18.3. The summed E-state index contributed by atoms with van der Waals surface area (Å²) in [7, 11) is 3.93. The monoisotopic (exact) mass is 343 g/mol. The van der Waals surface area contributed by atoms with Crippen LogP contribution in [0.25, 0.3) is 0 Å². The first-order chi connectivity index (χ1) is 12.0. The molecule has 134 valence electrons. The molecule has 0 bridgehead atoms. The maximum absolute atomic E-state index is 12.1. The summed E-state index contributed by atoms with van der Waals surface area (Å²) in [5, 5.41) is 9.48. The van der Waals surface area contributed by atoms with Gasteiger partial charge in [0.2, 0.25) is 0 Å². The van der Waals surface area contributed by atoms with Crippen LogP contribution in [0.2, 0.25) is 0 Å². The minimum Gasteiger partial charge on any atom is -0.378 e. The highest BCUT2D eigenvalue weighted by atomic mass is 16.5. The molecular weight excluding hydrogens is 318 g/mol. The second-order valence-electron chi connectivity index (χ2n) is 7.05. The second kappa shape index (κ2) is 7.13. The van der Waals surface area contributed by atoms with E-state index < -0.39 is 0 Å². The number of nitrogens with zero attached hydrogens (tertiary/aromatic N) is 3. The molecule has 0 aromatic carbocycles. The predicted molar refractivity (Wildman–Crippen MR) is 96.7 cm³/mol. The van der Waals surface area contributed by atoms with E-state index in [9.17, 15) is 4.79 Å². The van der Waals surface area contributed by atoms with Gasteiger partial charge in [0.05, 0.1) is 12.2 Å². The third-order valence-corrected chi connectivity index (χ3v) is 4.80. The Kier molecular flexibility index (Phi) is 4.92. The van der Waals surface area contributed by atoms with Crippen molar-refractivity contribution >= 4 is 17.5 Å². The molecule has 0 unspecified atom stereocenters. The van der Waals surface area contributed by atoms with Crippen LogP contribution in [-0.4, -0.2) is 30.3 Å². The van der Waals surface area contributed by atoms with Gasteiger partial charge in [0.15, 0.2) is 5.82 Å². The highest BCUT2D eigenvalue weighted by Gasteiger charge is 2.34. The van der Waals surface area contributed by atoms with Gasteiger partial charge in [-0.05, 0) is 25.0 Å². The Hall–Kier alpha value is -2.57. The van der Waals surface area contributed by atoms with Crippen LogP contribution in [0.1, 0.15) is 44.1 Å². The van der Waals surface area contributed by atoms with E-state index in [0.29, 0.717) is 12.4 Å². The zero-order valence-corrected chi connectivity index (χ0v) is 15.0. The van der Waals surface area contributed by atoms with Crippen molar-refractivity contribution < 1.29 is 9.32 Å². The van der Waals surface area contributed by atoms with Gasteiger partial charge in [-0.25, -0.2) is 4.79 Å². The van der Waals surface area contributed by atoms with Gasteiger partial charge in [-0.2, -0.15) is 0 Å². The number of rotatable bonds is 5. The molecule has 2 N–H and O–H groups in total. The van der Waals surface area contributed by atoms with Crippen LogP contribution < -0.4 is 15.5 Å². The van der Waals surface area contributed by atoms with Gasteiger partial charge in [-0.3, -0.25) is 10.3 Å². The molecule has 0 aliphatic heterocycles. The van der Waals surface area contributed by atoms with Crippen LogP contribution in [0.15, 0.2) is 28.9 Å². The van der Waals surface area contributed by atoms with Crippen molar-refractivity contribution in [3.8, 4) is 0 Å². The fourth-order valence-electron chi connectivity index (χ4n) is 3.19. The molecule has 7 nitrogen and oxygen atoms in total. The molecule has 0 spiro atoms. The molecule has 2 heterocycles. The fraction of sp³-hybridized carbons (Fsp3) is 0.500. The zero-order chi connectivity index (χ0) is 17.9. The first-order valence-corrected chi connectivity index (χ1v) is 8.61. The van der Waals surface area contributed by atoms with Gasteiger partial charge in [-0.15, -0.1) is 0 Å². The number of hydrogen-bond donors (Lipinski definition) is 2. The number of amides is 2. The normalized spacial score (nSPS) is 15.8. The Balaban J connectivity index is 1.55. The lowest BCUT2D eigenvalue weighted by Gasteiger charge is -2.18. The van der Waals surface area contributed by atoms with E-state index in [-0.39, 0.29) is 11.4 Å². The summed E-state index contributed by atoms with van der Waals surface area (Å²) >= 11 is 0. The number of pyridine rings is 1. The molecule has 2 aromatic rings. The Morgan fingerprint density at radius 3 is 2.80 bits per heavy atom. The molecule has 7 heteroatoms. The van der Waals surface area contributed by atoms with Crippen molar-refractivity contribution in [1.29, 1.82) is 0 Å². The molecular formula is C18H25N5O2. The first-order valence-electron chi connectivity index (χ1n) is 8.61. The number of anilines is 2. The molecule has 3 rings (SSSR count). The van der Waals surface area contributed by atoms with Crippen molar-refractivity contribution in [2.24, 2.45) is 0 Å². The van der Waals surface area contributed by atoms with Crippen LogP contribution in [-0.2, 0) is 12.0 Å². The smallest absolute Gasteiger partial charge is 0.320 e. The number of aromatic nitrogens is 2. The van der Waals surface area contributed by atoms with Crippen LogP contribution in [0, 0.1) is 0 Å². The van der Waals surface area contributed by atoms with Crippen molar-refractivity contribution in [2.75, 3.05) is 24.3 Å². The van der Waals surface area contributed by atoms with Gasteiger partial charge in [0.1, 0.15) is 5.76 Å². The Labute approximate surface area is 147 Å². The third-order valence-electron chi connectivity index (χ3n) is 4.80. The topological polar surface area (TPSA) is 83.3 Å². The Bertz CT molecular complexity index is 735. The highest BCUT2D eigenvalue weighted by molar-refractivity contribution is 5.88. The van der Waals surface area contributed by atoms with E-state index in [1.165, 1.54) is 12.8 Å². The molecule has 2 aromatic heterocycles. The summed E-state index contributed by atoms with van der Waals surface area (Å²) in [6.07, 6.45) is 6.35. The molecule has 1 fully saturated rings. The molecule has 25 heavy (non-hydrogen) atoms. The second-order valence-corrected chi connectivity index (χ2v) is 7.05. The fourth-order valence-corrected chi connectivity index (χ4v) is 3.19. The molecule has 1 aliphatic rings. The van der Waals surface area contributed by atoms with Crippen molar-refractivity contribution in [3.05, 3.63) is 35.9 Å². The molecule has 0 atom stereocenters. The lowest BCUT2D eigenvalue weighted by molar-refractivity contribution is 0.251. The molecule has 0 radical (unpaired) electrons. The lowest BCUT2D eigenvalue weighted by Crippen LogP contribution is -2.28. The molecule has 0 saturated heterocycles. The van der Waals surface area contributed by atoms with E-state index in [1.807, 2.05) is 37.2 Å². The maximum atomic E-state index is 12.1. The van der Waals surface area contributed by atoms with E-state index in [4.69, 9.17) is 4.52 Å². The van der Waals surface area contributed by atoms with Crippen molar-refractivity contribution in [1.82, 2.24) is 15.5 Å². The summed E-state index contributed by atoms with van der Waals surface area (Å²) < 4.78 is 5.45. The zero-order valence-electron chi connectivity index (χ0n) is 15.0. The van der Waals surface area contributed by atoms with E-state index in [2.05, 4.69) is 27.7 Å². The summed E-state index contributed by atoms with van der Waals surface area (Å²) in [6, 6.07) is 5.36. The third kappa shape index (κ3) is 4.10. The van der Waals surface area contributed by atoms with Crippen LogP contribution >= 0.6 is 0 Å². The van der Waals surface area contributed by atoms with Crippen LogP contribution in [0.4, 0.5) is 16.3 Å². The number of nitrogens with one attached hydrogen (secondary N) is 2. The summed E-state index contributed by atoms with van der Waals surface area (Å²) in [5.41, 5.74) is 1.87. The van der Waals surface area contributed by atoms with Crippen LogP contribution in [0.3, 0.4) is 0 Å². The summed E-state index contributed by atoms with van der Waals surface area (Å²) in [6.45, 7) is 2.53. The quantitative estimate of drug-likeness (QED) is 0.870. The van der Waals surface area contributed by atoms with Gasteiger partial charge >= 0.3 is 6.03 Å². The van der Waals surface area contributed by atoms with Gasteiger partial charge in [-0.1, -0.05) is 24.9 Å². The summed E-state index contributed by atoms with van der Waals surface area (Å²) in [5.74, 6) is 1.29. The van der Waals surface area contributed by atoms with Crippen molar-refractivity contribution in [3.63, 3.8) is 0 Å². The Morgan fingerprint density at radius 2 is 2.08 bits per heavy atom. The molecule has 2 amide bonds. The Morgan fingerprint density at radius 1 is 1.32 bits per heavy atom. The minimum absolute atomic E-state index is 0.0416. The number of carbonyl (C=O) groups excluding carboxylic acids is 1. The molecule has 1 saturated carbocycles. The lowest BCUT2D eigenvalue weighted by atomic mass is 9.86. The largest absolute Gasteiger partial charge is 0.378 e. The predicted octanol–water partition coefficient (Wildman–Crippen LogP) is 3.29. The van der Waals surface area contributed by atoms with E-state index in [1.54, 1.807) is 6.20 Å². The van der Waals surface area contributed by atoms with Crippen molar-refractivity contribution in [2.45, 2.75) is 44.6 Å². The highest BCUT2D eigenvalue weighted by Crippen LogP contribution is 2.41. The first kappa shape index (κ1) is 17.3. The van der Waals surface area contributed by atoms with Gasteiger partial charge in [0, 0.05) is 37.5 Å². The number of carbonyl (C=O) groups is 1. The van der Waals surface area contributed by atoms with Gasteiger partial charge < -0.3 is 14.7 Å². The van der Waals surface area contributed by atoms with E-state index >= 15 is 0 Å². The standard InChI is InChI=1S/C18H25N5O2/c1-18(7-4-5-8-18)15-11-16(22-25-15)21-17(24)20-12-13-10-14(23(2)3)6-9-19-13/h6,9-11H,4-5,7-8,12H2,1-3H3,(H2,20,21,22,24). The minimum atomic E-state index is -0.325. The molecule has 1 aliphatic carbocycles. The average Bonchev–Trinajstić information content (AvgIpc) is 3.23. The van der Waals surface area contributed by atoms with Crippen LogP contribution in [0.5, 0.6) is 0 Å². The van der Waals surface area contributed by atoms with Gasteiger partial charge in [0.25, 0.3) is 0 Å². The number of hydrogen-bond acceptors (Lipinski definition) is 5. The number of urea groups is 1. The maximum Gasteiger partial charge on any atom is 0.320 e. The SMILES string of the molecule is CN(C)c1ccnc(CNC(=O)Nc2cc(C3(C)CCCC3)on2)c1. The average molecular weight is 343 g/mol.